The quantitative estimate of drug-likeness (QED) is 0.202. The van der Waals surface area contributed by atoms with Gasteiger partial charge in [0.05, 0.1) is 17.7 Å². The van der Waals surface area contributed by atoms with Crippen molar-refractivity contribution in [1.82, 2.24) is 14.8 Å². The van der Waals surface area contributed by atoms with E-state index >= 15 is 0 Å². The summed E-state index contributed by atoms with van der Waals surface area (Å²) in [4.78, 5) is 18.4. The minimum atomic E-state index is -0.612. The lowest BCUT2D eigenvalue weighted by Crippen LogP contribution is -2.31. The van der Waals surface area contributed by atoms with E-state index in [1.807, 2.05) is 51.1 Å². The number of carbonyl (C=O) groups excluding carboxylic acids is 1. The zero-order valence-electron chi connectivity index (χ0n) is 23.0. The van der Waals surface area contributed by atoms with Crippen molar-refractivity contribution in [3.63, 3.8) is 0 Å². The number of nitrogens with zero attached hydrogens (tertiary/aromatic N) is 3. The lowest BCUT2D eigenvalue weighted by molar-refractivity contribution is -0.113. The number of aromatic nitrogens is 3. The molecule has 1 aliphatic heterocycles. The number of thioether (sulfide) groups is 1. The fourth-order valence-corrected chi connectivity index (χ4v) is 5.41. The van der Waals surface area contributed by atoms with E-state index in [1.54, 1.807) is 28.9 Å². The molecule has 212 valence electrons. The first-order valence-electron chi connectivity index (χ1n) is 13.0. The van der Waals surface area contributed by atoms with Gasteiger partial charge in [-0.15, -0.1) is 5.10 Å². The van der Waals surface area contributed by atoms with E-state index in [1.165, 1.54) is 24.9 Å². The van der Waals surface area contributed by atoms with Crippen LogP contribution in [0.4, 0.5) is 16.0 Å². The van der Waals surface area contributed by atoms with E-state index in [0.717, 1.165) is 16.9 Å². The van der Waals surface area contributed by atoms with E-state index < -0.39 is 11.9 Å². The van der Waals surface area contributed by atoms with Crippen LogP contribution in [-0.2, 0) is 11.4 Å². The molecule has 0 bridgehead atoms. The van der Waals surface area contributed by atoms with Crippen LogP contribution in [0.3, 0.4) is 0 Å². The molecule has 0 saturated heterocycles. The molecule has 1 atom stereocenters. The van der Waals surface area contributed by atoms with Crippen molar-refractivity contribution in [2.24, 2.45) is 0 Å². The standard InChI is InChI=1S/C30H29ClFN5O3S/c1-5-41-30-35-29-33-18(3)26(28(38)34-20-9-6-8-17(2)14-20)27(37(29)36-30)19-12-13-24(25(15-19)39-4)40-16-21-22(31)10-7-11-23(21)32/h6-15,27H,5,16H2,1-4H3,(H,34,38)(H,33,35,36). The molecule has 5 rings (SSSR count). The van der Waals surface area contributed by atoms with Gasteiger partial charge in [0.1, 0.15) is 18.5 Å². The molecule has 2 heterocycles. The van der Waals surface area contributed by atoms with Gasteiger partial charge < -0.3 is 20.1 Å². The van der Waals surface area contributed by atoms with Crippen LogP contribution in [0.2, 0.25) is 5.02 Å². The van der Waals surface area contributed by atoms with Crippen LogP contribution in [0.25, 0.3) is 0 Å². The Hall–Kier alpha value is -4.02. The number of halogens is 2. The summed E-state index contributed by atoms with van der Waals surface area (Å²) in [6.45, 7) is 5.76. The third-order valence-electron chi connectivity index (χ3n) is 6.56. The maximum absolute atomic E-state index is 14.3. The largest absolute Gasteiger partial charge is 0.493 e. The van der Waals surface area contributed by atoms with Gasteiger partial charge in [-0.2, -0.15) is 4.98 Å². The average molecular weight is 594 g/mol. The summed E-state index contributed by atoms with van der Waals surface area (Å²) < 4.78 is 27.6. The van der Waals surface area contributed by atoms with Gasteiger partial charge in [-0.05, 0) is 67.1 Å². The number of methoxy groups -OCH3 is 1. The van der Waals surface area contributed by atoms with Gasteiger partial charge in [-0.25, -0.2) is 9.07 Å². The Morgan fingerprint density at radius 1 is 1.15 bits per heavy atom. The van der Waals surface area contributed by atoms with E-state index in [-0.39, 0.29) is 23.1 Å². The fourth-order valence-electron chi connectivity index (χ4n) is 4.64. The maximum Gasteiger partial charge on any atom is 0.255 e. The van der Waals surface area contributed by atoms with E-state index in [0.29, 0.717) is 39.6 Å². The van der Waals surface area contributed by atoms with Gasteiger partial charge in [0.2, 0.25) is 11.1 Å². The highest BCUT2D eigenvalue weighted by atomic mass is 35.5. The predicted octanol–water partition coefficient (Wildman–Crippen LogP) is 7.01. The fraction of sp³-hybridized carbons (Fsp3) is 0.233. The molecule has 1 aromatic heterocycles. The second kappa shape index (κ2) is 12.2. The monoisotopic (exact) mass is 593 g/mol. The van der Waals surface area contributed by atoms with Gasteiger partial charge in [-0.1, -0.05) is 54.6 Å². The van der Waals surface area contributed by atoms with Gasteiger partial charge in [0.25, 0.3) is 5.91 Å². The second-order valence-electron chi connectivity index (χ2n) is 9.38. The summed E-state index contributed by atoms with van der Waals surface area (Å²) in [5.74, 6) is 1.42. The first kappa shape index (κ1) is 28.5. The number of ether oxygens (including phenoxy) is 2. The number of nitrogens with one attached hydrogen (secondary N) is 2. The van der Waals surface area contributed by atoms with Crippen LogP contribution in [0.15, 0.2) is 77.1 Å². The lowest BCUT2D eigenvalue weighted by atomic mass is 9.94. The highest BCUT2D eigenvalue weighted by Crippen LogP contribution is 2.40. The average Bonchev–Trinajstić information content (AvgIpc) is 3.34. The Morgan fingerprint density at radius 2 is 1.95 bits per heavy atom. The summed E-state index contributed by atoms with van der Waals surface area (Å²) in [7, 11) is 1.52. The summed E-state index contributed by atoms with van der Waals surface area (Å²) in [5.41, 5.74) is 3.83. The van der Waals surface area contributed by atoms with Crippen molar-refractivity contribution < 1.29 is 18.7 Å². The molecule has 4 aromatic rings. The number of benzene rings is 3. The molecule has 3 aromatic carbocycles. The van der Waals surface area contributed by atoms with Crippen LogP contribution < -0.4 is 20.1 Å². The molecule has 0 radical (unpaired) electrons. The summed E-state index contributed by atoms with van der Waals surface area (Å²) in [6.07, 6.45) is 0. The zero-order chi connectivity index (χ0) is 29.1. The molecule has 1 unspecified atom stereocenters. The Morgan fingerprint density at radius 3 is 2.68 bits per heavy atom. The van der Waals surface area contributed by atoms with Crippen molar-refractivity contribution >= 4 is 40.9 Å². The van der Waals surface area contributed by atoms with Crippen LogP contribution in [0, 0.1) is 12.7 Å². The first-order valence-corrected chi connectivity index (χ1v) is 14.3. The second-order valence-corrected chi connectivity index (χ2v) is 11.0. The maximum atomic E-state index is 14.3. The van der Waals surface area contributed by atoms with E-state index in [4.69, 9.17) is 26.2 Å². The third kappa shape index (κ3) is 6.03. The predicted molar refractivity (Wildman–Crippen MR) is 159 cm³/mol. The molecule has 0 spiro atoms. The number of hydrogen-bond donors (Lipinski definition) is 2. The van der Waals surface area contributed by atoms with Gasteiger partial charge >= 0.3 is 0 Å². The molecule has 0 aliphatic carbocycles. The van der Waals surface area contributed by atoms with Crippen molar-refractivity contribution in [2.45, 2.75) is 38.6 Å². The van der Waals surface area contributed by atoms with Crippen molar-refractivity contribution in [3.8, 4) is 11.5 Å². The van der Waals surface area contributed by atoms with Crippen LogP contribution in [0.5, 0.6) is 11.5 Å². The zero-order valence-corrected chi connectivity index (χ0v) is 24.6. The van der Waals surface area contributed by atoms with Gasteiger partial charge in [-0.3, -0.25) is 4.79 Å². The van der Waals surface area contributed by atoms with Crippen LogP contribution in [0.1, 0.15) is 36.6 Å². The Balaban J connectivity index is 1.52. The van der Waals surface area contributed by atoms with Gasteiger partial charge in [0.15, 0.2) is 11.5 Å². The molecular weight excluding hydrogens is 565 g/mol. The minimum absolute atomic E-state index is 0.0808. The molecule has 0 saturated carbocycles. The number of carbonyl (C=O) groups is 1. The van der Waals surface area contributed by atoms with Crippen LogP contribution >= 0.6 is 23.4 Å². The smallest absolute Gasteiger partial charge is 0.255 e. The molecule has 0 fully saturated rings. The lowest BCUT2D eigenvalue weighted by Gasteiger charge is -2.29. The number of amides is 1. The van der Waals surface area contributed by atoms with Crippen LogP contribution in [-0.4, -0.2) is 33.5 Å². The molecule has 11 heteroatoms. The first-order chi connectivity index (χ1) is 19.8. The number of fused-ring (bicyclic) bond motifs is 1. The SMILES string of the molecule is CCSc1nc2n(n1)C(c1ccc(OCc3c(F)cccc3Cl)c(OC)c1)C(C(=O)Nc1cccc(C)c1)=C(C)N2. The van der Waals surface area contributed by atoms with E-state index in [2.05, 4.69) is 15.6 Å². The molecule has 1 amide bonds. The molecular formula is C30H29ClFN5O3S. The number of rotatable bonds is 9. The molecule has 8 nitrogen and oxygen atoms in total. The van der Waals surface area contributed by atoms with Crippen molar-refractivity contribution in [2.75, 3.05) is 23.5 Å². The highest BCUT2D eigenvalue weighted by molar-refractivity contribution is 7.99. The number of allylic oxidation sites excluding steroid dienone is 1. The Kier molecular flexibility index (Phi) is 8.51. The topological polar surface area (TPSA) is 90.3 Å². The highest BCUT2D eigenvalue weighted by Gasteiger charge is 2.35. The Labute approximate surface area is 246 Å². The Bertz CT molecular complexity index is 1620. The number of aryl methyl sites for hydroxylation is 1. The van der Waals surface area contributed by atoms with Gasteiger partial charge in [0, 0.05) is 16.9 Å². The summed E-state index contributed by atoms with van der Waals surface area (Å²) >= 11 is 7.69. The summed E-state index contributed by atoms with van der Waals surface area (Å²) in [6, 6.07) is 16.9. The normalized spacial score (nSPS) is 14.3. The molecule has 41 heavy (non-hydrogen) atoms. The number of hydrogen-bond acceptors (Lipinski definition) is 7. The number of anilines is 2. The summed E-state index contributed by atoms with van der Waals surface area (Å²) in [5, 5.41) is 11.9. The minimum Gasteiger partial charge on any atom is -0.493 e. The van der Waals surface area contributed by atoms with Crippen molar-refractivity contribution in [3.05, 3.63) is 99.5 Å². The molecule has 2 N–H and O–H groups in total. The van der Waals surface area contributed by atoms with E-state index in [9.17, 15) is 9.18 Å². The third-order valence-corrected chi connectivity index (χ3v) is 7.64. The molecule has 1 aliphatic rings. The van der Waals surface area contributed by atoms with Crippen molar-refractivity contribution in [1.29, 1.82) is 0 Å².